The van der Waals surface area contributed by atoms with E-state index in [1.54, 1.807) is 18.3 Å². The van der Waals surface area contributed by atoms with Gasteiger partial charge < -0.3 is 20.3 Å². The molecule has 1 aliphatic heterocycles. The summed E-state index contributed by atoms with van der Waals surface area (Å²) in [5, 5.41) is 5.84. The van der Waals surface area contributed by atoms with E-state index in [2.05, 4.69) is 22.2 Å². The molecule has 31 heavy (non-hydrogen) atoms. The van der Waals surface area contributed by atoms with Crippen molar-refractivity contribution >= 4 is 17.4 Å². The number of anilines is 2. The molecule has 0 radical (unpaired) electrons. The molecule has 0 saturated carbocycles. The van der Waals surface area contributed by atoms with Crippen molar-refractivity contribution in [3.8, 4) is 5.75 Å². The van der Waals surface area contributed by atoms with Gasteiger partial charge in [0.25, 0.3) is 0 Å². The smallest absolute Gasteiger partial charge is 0.227 e. The third-order valence-electron chi connectivity index (χ3n) is 5.39. The summed E-state index contributed by atoms with van der Waals surface area (Å²) in [4.78, 5) is 18.2. The molecule has 2 unspecified atom stereocenters. The number of pyridine rings is 1. The van der Waals surface area contributed by atoms with Crippen LogP contribution in [-0.2, 0) is 4.79 Å². The van der Waals surface area contributed by atoms with Gasteiger partial charge >= 0.3 is 0 Å². The molecule has 0 spiro atoms. The van der Waals surface area contributed by atoms with Gasteiger partial charge in [-0.2, -0.15) is 0 Å². The number of ether oxygens (including phenoxy) is 1. The Kier molecular flexibility index (Phi) is 7.87. The summed E-state index contributed by atoms with van der Waals surface area (Å²) in [6.45, 7) is 9.98. The zero-order valence-corrected chi connectivity index (χ0v) is 18.2. The van der Waals surface area contributed by atoms with Gasteiger partial charge in [-0.15, -0.1) is 6.58 Å². The van der Waals surface area contributed by atoms with Crippen molar-refractivity contribution in [1.82, 2.24) is 10.3 Å². The third kappa shape index (κ3) is 5.75. The molecule has 2 atom stereocenters. The van der Waals surface area contributed by atoms with Crippen LogP contribution in [0.1, 0.15) is 38.2 Å². The number of amides is 1. The summed E-state index contributed by atoms with van der Waals surface area (Å²) in [5.74, 6) is 0.443. The predicted octanol–water partition coefficient (Wildman–Crippen LogP) is 4.11. The van der Waals surface area contributed by atoms with E-state index in [0.717, 1.165) is 30.7 Å². The van der Waals surface area contributed by atoms with Gasteiger partial charge in [-0.1, -0.05) is 25.1 Å². The molecular formula is C24H31FN4O2. The van der Waals surface area contributed by atoms with E-state index in [0.29, 0.717) is 31.1 Å². The van der Waals surface area contributed by atoms with Gasteiger partial charge in [0.15, 0.2) is 11.6 Å². The fourth-order valence-electron chi connectivity index (χ4n) is 3.59. The zero-order valence-electron chi connectivity index (χ0n) is 18.2. The highest BCUT2D eigenvalue weighted by molar-refractivity contribution is 5.83. The second kappa shape index (κ2) is 10.8. The SMILES string of the molecule is C=CCNC(=O)C(C)c1ccc(OC2CCN(c3ccnc(NCCC)c3F)C2)cc1. The number of hydrogen-bond donors (Lipinski definition) is 2. The average Bonchev–Trinajstić information content (AvgIpc) is 3.25. The van der Waals surface area contributed by atoms with Crippen LogP contribution in [0.3, 0.4) is 0 Å². The summed E-state index contributed by atoms with van der Waals surface area (Å²) >= 11 is 0. The first kappa shape index (κ1) is 22.6. The lowest BCUT2D eigenvalue weighted by Crippen LogP contribution is -2.28. The molecule has 6 nitrogen and oxygen atoms in total. The summed E-state index contributed by atoms with van der Waals surface area (Å²) in [6.07, 6.45) is 4.98. The standard InChI is InChI=1S/C24H31FN4O2/c1-4-12-26-23-22(25)21(10-14-27-23)29-15-11-20(16-29)31-19-8-6-18(7-9-19)17(3)24(30)28-13-5-2/h5-10,14,17,20H,2,4,11-13,15-16H2,1,3H3,(H,26,27)(H,28,30). The van der Waals surface area contributed by atoms with Crippen LogP contribution in [0.2, 0.25) is 0 Å². The molecule has 0 aliphatic carbocycles. The van der Waals surface area contributed by atoms with E-state index < -0.39 is 0 Å². The van der Waals surface area contributed by atoms with Crippen molar-refractivity contribution in [2.24, 2.45) is 0 Å². The van der Waals surface area contributed by atoms with Crippen LogP contribution in [0.25, 0.3) is 0 Å². The number of carbonyl (C=O) groups excluding carboxylic acids is 1. The van der Waals surface area contributed by atoms with Crippen LogP contribution in [-0.4, -0.2) is 43.2 Å². The molecule has 2 heterocycles. The normalized spacial score (nSPS) is 16.6. The molecule has 1 aromatic carbocycles. The Hall–Kier alpha value is -3.09. The topological polar surface area (TPSA) is 66.5 Å². The number of aromatic nitrogens is 1. The summed E-state index contributed by atoms with van der Waals surface area (Å²) in [7, 11) is 0. The third-order valence-corrected chi connectivity index (χ3v) is 5.39. The number of rotatable bonds is 10. The second-order valence-corrected chi connectivity index (χ2v) is 7.72. The van der Waals surface area contributed by atoms with E-state index >= 15 is 0 Å². The Morgan fingerprint density at radius 3 is 2.87 bits per heavy atom. The highest BCUT2D eigenvalue weighted by Crippen LogP contribution is 2.29. The van der Waals surface area contributed by atoms with E-state index in [1.807, 2.05) is 43.0 Å². The van der Waals surface area contributed by atoms with E-state index in [1.165, 1.54) is 0 Å². The molecule has 1 amide bonds. The van der Waals surface area contributed by atoms with Gasteiger partial charge in [-0.25, -0.2) is 9.37 Å². The molecule has 166 valence electrons. The van der Waals surface area contributed by atoms with Crippen LogP contribution >= 0.6 is 0 Å². The minimum atomic E-state index is -0.315. The van der Waals surface area contributed by atoms with E-state index in [9.17, 15) is 9.18 Å². The van der Waals surface area contributed by atoms with Crippen molar-refractivity contribution in [3.05, 3.63) is 60.6 Å². The maximum Gasteiger partial charge on any atom is 0.227 e. The van der Waals surface area contributed by atoms with E-state index in [4.69, 9.17) is 4.74 Å². The van der Waals surface area contributed by atoms with Crippen LogP contribution in [0.5, 0.6) is 5.75 Å². The molecule has 3 rings (SSSR count). The van der Waals surface area contributed by atoms with Crippen molar-refractivity contribution in [1.29, 1.82) is 0 Å². The quantitative estimate of drug-likeness (QED) is 0.560. The van der Waals surface area contributed by atoms with Crippen LogP contribution in [0, 0.1) is 5.82 Å². The number of nitrogens with zero attached hydrogens (tertiary/aromatic N) is 2. The molecule has 0 bridgehead atoms. The largest absolute Gasteiger partial charge is 0.489 e. The first-order valence-electron chi connectivity index (χ1n) is 10.8. The lowest BCUT2D eigenvalue weighted by atomic mass is 10.0. The minimum Gasteiger partial charge on any atom is -0.489 e. The molecule has 2 aromatic rings. The highest BCUT2D eigenvalue weighted by Gasteiger charge is 2.27. The summed E-state index contributed by atoms with van der Waals surface area (Å²) in [6, 6.07) is 9.30. The highest BCUT2D eigenvalue weighted by atomic mass is 19.1. The lowest BCUT2D eigenvalue weighted by molar-refractivity contribution is -0.122. The fraction of sp³-hybridized carbons (Fsp3) is 0.417. The lowest BCUT2D eigenvalue weighted by Gasteiger charge is -2.21. The molecule has 1 fully saturated rings. The summed E-state index contributed by atoms with van der Waals surface area (Å²) in [5.41, 5.74) is 1.47. The van der Waals surface area contributed by atoms with Crippen molar-refractivity contribution < 1.29 is 13.9 Å². The first-order valence-corrected chi connectivity index (χ1v) is 10.8. The Balaban J connectivity index is 1.58. The van der Waals surface area contributed by atoms with Gasteiger partial charge in [0.1, 0.15) is 11.9 Å². The van der Waals surface area contributed by atoms with E-state index in [-0.39, 0.29) is 23.7 Å². The van der Waals surface area contributed by atoms with Crippen molar-refractivity contribution in [2.45, 2.75) is 38.7 Å². The number of halogens is 1. The van der Waals surface area contributed by atoms with Crippen LogP contribution < -0.4 is 20.3 Å². The van der Waals surface area contributed by atoms with Crippen molar-refractivity contribution in [3.63, 3.8) is 0 Å². The van der Waals surface area contributed by atoms with Crippen LogP contribution in [0.4, 0.5) is 15.9 Å². The molecular weight excluding hydrogens is 395 g/mol. The Morgan fingerprint density at radius 1 is 1.39 bits per heavy atom. The van der Waals surface area contributed by atoms with Crippen molar-refractivity contribution in [2.75, 3.05) is 36.4 Å². The van der Waals surface area contributed by atoms with Gasteiger partial charge in [0.05, 0.1) is 18.2 Å². The van der Waals surface area contributed by atoms with Gasteiger partial charge in [-0.05, 0) is 37.1 Å². The summed E-state index contributed by atoms with van der Waals surface area (Å²) < 4.78 is 20.9. The molecule has 2 N–H and O–H groups in total. The Bertz CT molecular complexity index is 888. The molecule has 1 aromatic heterocycles. The fourth-order valence-corrected chi connectivity index (χ4v) is 3.59. The Labute approximate surface area is 183 Å². The maximum absolute atomic E-state index is 14.8. The van der Waals surface area contributed by atoms with Crippen LogP contribution in [0.15, 0.2) is 49.2 Å². The zero-order chi connectivity index (χ0) is 22.2. The van der Waals surface area contributed by atoms with Gasteiger partial charge in [0, 0.05) is 32.3 Å². The average molecular weight is 427 g/mol. The second-order valence-electron chi connectivity index (χ2n) is 7.72. The molecule has 7 heteroatoms. The molecule has 1 aliphatic rings. The first-order chi connectivity index (χ1) is 15.0. The monoisotopic (exact) mass is 426 g/mol. The maximum atomic E-state index is 14.8. The predicted molar refractivity (Wildman–Crippen MR) is 122 cm³/mol. The number of benzene rings is 1. The van der Waals surface area contributed by atoms with Gasteiger partial charge in [0.2, 0.25) is 5.91 Å². The minimum absolute atomic E-state index is 0.0289. The Morgan fingerprint density at radius 2 is 2.16 bits per heavy atom. The number of carbonyl (C=O) groups is 1. The molecule has 1 saturated heterocycles. The number of hydrogen-bond acceptors (Lipinski definition) is 5. The van der Waals surface area contributed by atoms with Gasteiger partial charge in [-0.3, -0.25) is 4.79 Å². The number of nitrogens with one attached hydrogen (secondary N) is 2.